The number of phenols is 1. The van der Waals surface area contributed by atoms with Crippen LogP contribution in [0.15, 0.2) is 54.6 Å². The first-order valence-corrected chi connectivity index (χ1v) is 11.1. The number of ether oxygens (including phenoxy) is 1. The maximum atomic E-state index is 13.3. The van der Waals surface area contributed by atoms with Crippen molar-refractivity contribution in [2.24, 2.45) is 0 Å². The molecule has 4 rings (SSSR count). The predicted octanol–water partition coefficient (Wildman–Crippen LogP) is 6.05. The number of alkyl halides is 3. The number of benzene rings is 3. The van der Waals surface area contributed by atoms with Crippen LogP contribution >= 0.6 is 23.2 Å². The molecule has 1 amide bonds. The van der Waals surface area contributed by atoms with Gasteiger partial charge >= 0.3 is 6.36 Å². The van der Waals surface area contributed by atoms with Crippen LogP contribution in [-0.4, -0.2) is 29.7 Å². The average molecular weight is 543 g/mol. The van der Waals surface area contributed by atoms with E-state index in [1.807, 2.05) is 0 Å². The highest BCUT2D eigenvalue weighted by atomic mass is 35.5. The fourth-order valence-corrected chi connectivity index (χ4v) is 4.47. The van der Waals surface area contributed by atoms with Gasteiger partial charge in [-0.15, -0.1) is 13.2 Å². The minimum absolute atomic E-state index is 0.0856. The second kappa shape index (κ2) is 9.87. The lowest BCUT2D eigenvalue weighted by Gasteiger charge is -2.20. The molecule has 1 atom stereocenters. The fourth-order valence-electron chi connectivity index (χ4n) is 3.91. The maximum Gasteiger partial charge on any atom is 0.573 e. The molecule has 3 aromatic carbocycles. The molecular weight excluding hydrogens is 527 g/mol. The number of Topliss-reactive ketones (excluding diaryl/α,β-unsaturated/α-hetero) is 1. The van der Waals surface area contributed by atoms with Gasteiger partial charge in [-0.05, 0) is 41.5 Å². The highest BCUT2D eigenvalue weighted by Gasteiger charge is 2.37. The van der Waals surface area contributed by atoms with E-state index in [0.717, 1.165) is 17.7 Å². The molecule has 188 valence electrons. The topological polar surface area (TPSA) is 78.9 Å². The lowest BCUT2D eigenvalue weighted by Crippen LogP contribution is -2.31. The largest absolute Gasteiger partial charge is 0.573 e. The number of carbonyl (C=O) groups is 2. The van der Waals surface area contributed by atoms with E-state index in [1.165, 1.54) is 24.3 Å². The molecule has 0 aromatic heterocycles. The third-order valence-electron chi connectivity index (χ3n) is 5.44. The quantitative estimate of drug-likeness (QED) is 0.293. The molecule has 0 saturated heterocycles. The minimum atomic E-state index is -4.98. The van der Waals surface area contributed by atoms with Gasteiger partial charge in [0.2, 0.25) is 5.78 Å². The third-order valence-corrected chi connectivity index (χ3v) is 6.04. The highest BCUT2D eigenvalue weighted by molar-refractivity contribution is 6.46. The summed E-state index contributed by atoms with van der Waals surface area (Å²) in [5.74, 6) is -4.17. The van der Waals surface area contributed by atoms with Crippen LogP contribution < -0.4 is 15.0 Å². The van der Waals surface area contributed by atoms with E-state index in [1.54, 1.807) is 23.1 Å². The summed E-state index contributed by atoms with van der Waals surface area (Å²) in [6.45, 7) is 0.393. The summed E-state index contributed by atoms with van der Waals surface area (Å²) in [5, 5.41) is 11.5. The third kappa shape index (κ3) is 5.66. The molecule has 12 heteroatoms. The standard InChI is InChI=1S/C24H16Cl2F4N2O4/c25-18-8-15(36-24(28,29)30)9-19(26)21(18)31-23(35)22(34)17-11-32(10-12-1-3-13(27)4-2-12)20-6-5-14(33)7-16(17)20/h1-9,17,33H,10-11H2,(H,31,35). The van der Waals surface area contributed by atoms with Gasteiger partial charge in [0, 0.05) is 30.9 Å². The second-order valence-corrected chi connectivity index (χ2v) is 8.75. The van der Waals surface area contributed by atoms with Crippen molar-refractivity contribution in [1.82, 2.24) is 0 Å². The number of nitrogens with one attached hydrogen (secondary N) is 1. The summed E-state index contributed by atoms with van der Waals surface area (Å²) in [6.07, 6.45) is -4.98. The summed E-state index contributed by atoms with van der Waals surface area (Å²) < 4.78 is 54.4. The molecule has 1 aliphatic heterocycles. The van der Waals surface area contributed by atoms with E-state index in [0.29, 0.717) is 17.8 Å². The van der Waals surface area contributed by atoms with Crippen molar-refractivity contribution >= 4 is 46.3 Å². The molecule has 1 heterocycles. The Hall–Kier alpha value is -3.50. The normalized spacial score (nSPS) is 14.9. The Bertz CT molecular complexity index is 1310. The zero-order valence-electron chi connectivity index (χ0n) is 18.1. The molecule has 0 radical (unpaired) electrons. The van der Waals surface area contributed by atoms with Gasteiger partial charge < -0.3 is 20.1 Å². The number of phenolic OH excluding ortho intramolecular Hbond substituents is 1. The number of rotatable bonds is 6. The van der Waals surface area contributed by atoms with Crippen LogP contribution in [0, 0.1) is 5.82 Å². The molecule has 0 aliphatic carbocycles. The summed E-state index contributed by atoms with van der Waals surface area (Å²) in [5.41, 5.74) is 1.51. The molecule has 1 aliphatic rings. The smallest absolute Gasteiger partial charge is 0.508 e. The van der Waals surface area contributed by atoms with Gasteiger partial charge in [0.15, 0.2) is 0 Å². The molecular formula is C24H16Cl2F4N2O4. The monoisotopic (exact) mass is 542 g/mol. The number of ketones is 1. The Morgan fingerprint density at radius 1 is 1.06 bits per heavy atom. The molecule has 36 heavy (non-hydrogen) atoms. The first-order valence-electron chi connectivity index (χ1n) is 10.3. The van der Waals surface area contributed by atoms with Crippen molar-refractivity contribution < 1.29 is 37.0 Å². The molecule has 0 bridgehead atoms. The summed E-state index contributed by atoms with van der Waals surface area (Å²) in [6, 6.07) is 11.8. The van der Waals surface area contributed by atoms with Gasteiger partial charge in [-0.3, -0.25) is 9.59 Å². The highest BCUT2D eigenvalue weighted by Crippen LogP contribution is 2.41. The van der Waals surface area contributed by atoms with Crippen LogP contribution in [0.2, 0.25) is 10.0 Å². The Labute approximate surface area is 212 Å². The Morgan fingerprint density at radius 3 is 2.31 bits per heavy atom. The second-order valence-electron chi connectivity index (χ2n) is 7.93. The van der Waals surface area contributed by atoms with Crippen LogP contribution in [0.4, 0.5) is 28.9 Å². The summed E-state index contributed by atoms with van der Waals surface area (Å²) in [4.78, 5) is 27.7. The van der Waals surface area contributed by atoms with E-state index in [9.17, 15) is 32.3 Å². The SMILES string of the molecule is O=C(Nc1c(Cl)cc(OC(F)(F)F)cc1Cl)C(=O)C1CN(Cc2ccc(F)cc2)c2ccc(O)cc21. The Kier molecular flexibility index (Phi) is 7.01. The van der Waals surface area contributed by atoms with Crippen LogP contribution in [-0.2, 0) is 16.1 Å². The lowest BCUT2D eigenvalue weighted by atomic mass is 9.96. The molecule has 1 unspecified atom stereocenters. The summed E-state index contributed by atoms with van der Waals surface area (Å²) >= 11 is 11.9. The average Bonchev–Trinajstić information content (AvgIpc) is 3.13. The number of hydrogen-bond acceptors (Lipinski definition) is 5. The molecule has 6 nitrogen and oxygen atoms in total. The predicted molar refractivity (Wildman–Crippen MR) is 125 cm³/mol. The van der Waals surface area contributed by atoms with Crippen molar-refractivity contribution in [2.75, 3.05) is 16.8 Å². The number of aromatic hydroxyl groups is 1. The Balaban J connectivity index is 1.55. The minimum Gasteiger partial charge on any atom is -0.508 e. The molecule has 0 saturated carbocycles. The molecule has 0 fully saturated rings. The van der Waals surface area contributed by atoms with E-state index in [-0.39, 0.29) is 28.0 Å². The Morgan fingerprint density at radius 2 is 1.69 bits per heavy atom. The zero-order valence-corrected chi connectivity index (χ0v) is 19.6. The van der Waals surface area contributed by atoms with Gasteiger partial charge in [0.25, 0.3) is 5.91 Å². The van der Waals surface area contributed by atoms with Crippen molar-refractivity contribution in [3.05, 3.63) is 81.6 Å². The van der Waals surface area contributed by atoms with Gasteiger partial charge in [-0.25, -0.2) is 4.39 Å². The van der Waals surface area contributed by atoms with Crippen molar-refractivity contribution in [3.8, 4) is 11.5 Å². The van der Waals surface area contributed by atoms with E-state index < -0.39 is 35.5 Å². The number of nitrogens with zero attached hydrogens (tertiary/aromatic N) is 1. The maximum absolute atomic E-state index is 13.3. The van der Waals surface area contributed by atoms with Gasteiger partial charge in [0.1, 0.15) is 17.3 Å². The molecule has 0 spiro atoms. The van der Waals surface area contributed by atoms with E-state index >= 15 is 0 Å². The number of hydrogen-bond donors (Lipinski definition) is 2. The van der Waals surface area contributed by atoms with E-state index in [4.69, 9.17) is 23.2 Å². The summed E-state index contributed by atoms with van der Waals surface area (Å²) in [7, 11) is 0. The van der Waals surface area contributed by atoms with Crippen LogP contribution in [0.25, 0.3) is 0 Å². The fraction of sp³-hybridized carbons (Fsp3) is 0.167. The molecule has 3 aromatic rings. The van der Waals surface area contributed by atoms with Gasteiger partial charge in [-0.2, -0.15) is 0 Å². The van der Waals surface area contributed by atoms with Crippen LogP contribution in [0.5, 0.6) is 11.5 Å². The lowest BCUT2D eigenvalue weighted by molar-refractivity contribution is -0.274. The van der Waals surface area contributed by atoms with Crippen molar-refractivity contribution in [2.45, 2.75) is 18.8 Å². The van der Waals surface area contributed by atoms with Crippen molar-refractivity contribution in [3.63, 3.8) is 0 Å². The molecule has 2 N–H and O–H groups in total. The van der Waals surface area contributed by atoms with Gasteiger partial charge in [-0.1, -0.05) is 35.3 Å². The zero-order chi connectivity index (χ0) is 26.2. The number of amides is 1. The first kappa shape index (κ1) is 25.6. The van der Waals surface area contributed by atoms with E-state index in [2.05, 4.69) is 10.1 Å². The number of carbonyl (C=O) groups excluding carboxylic acids is 2. The first-order chi connectivity index (χ1) is 16.9. The van der Waals surface area contributed by atoms with Gasteiger partial charge in [0.05, 0.1) is 21.7 Å². The van der Waals surface area contributed by atoms with Crippen LogP contribution in [0.3, 0.4) is 0 Å². The number of halogens is 6. The van der Waals surface area contributed by atoms with Crippen LogP contribution in [0.1, 0.15) is 17.0 Å². The number of anilines is 2. The number of fused-ring (bicyclic) bond motifs is 1. The van der Waals surface area contributed by atoms with Crippen molar-refractivity contribution in [1.29, 1.82) is 0 Å².